The molecule has 0 aromatic carbocycles. The first kappa shape index (κ1) is 14.6. The molecular weight excluding hydrogens is 292 g/mol. The zero-order valence-electron chi connectivity index (χ0n) is 11.8. The van der Waals surface area contributed by atoms with E-state index in [2.05, 4.69) is 15.1 Å². The Labute approximate surface area is 126 Å². The molecule has 7 nitrogen and oxygen atoms in total. The van der Waals surface area contributed by atoms with Crippen molar-refractivity contribution in [2.45, 2.75) is 22.9 Å². The Morgan fingerprint density at radius 2 is 2.38 bits per heavy atom. The maximum Gasteiger partial charge on any atom is 0.198 e. The molecule has 1 saturated heterocycles. The van der Waals surface area contributed by atoms with Crippen LogP contribution >= 0.6 is 11.8 Å². The van der Waals surface area contributed by atoms with Gasteiger partial charge < -0.3 is 18.8 Å². The molecule has 1 aliphatic rings. The largest absolute Gasteiger partial charge is 0.453 e. The SMILES string of the molecule is Cn1cnnc1Sc1ccc(CN2CCOC[C@@H](O)C2)o1. The second kappa shape index (κ2) is 6.61. The summed E-state index contributed by atoms with van der Waals surface area (Å²) in [5.74, 6) is 0.869. The van der Waals surface area contributed by atoms with E-state index < -0.39 is 6.10 Å². The number of rotatable bonds is 4. The van der Waals surface area contributed by atoms with Gasteiger partial charge in [0.05, 0.1) is 25.9 Å². The summed E-state index contributed by atoms with van der Waals surface area (Å²) in [6, 6.07) is 3.89. The monoisotopic (exact) mass is 310 g/mol. The molecule has 1 atom stereocenters. The number of aliphatic hydroxyl groups is 1. The van der Waals surface area contributed by atoms with Crippen molar-refractivity contribution in [1.82, 2.24) is 19.7 Å². The summed E-state index contributed by atoms with van der Waals surface area (Å²) in [6.07, 6.45) is 1.22. The Kier molecular flexibility index (Phi) is 4.59. The number of aryl methyl sites for hydroxylation is 1. The lowest BCUT2D eigenvalue weighted by Gasteiger charge is -2.19. The molecule has 0 amide bonds. The van der Waals surface area contributed by atoms with Gasteiger partial charge in [-0.2, -0.15) is 0 Å². The van der Waals surface area contributed by atoms with E-state index in [9.17, 15) is 5.11 Å². The highest BCUT2D eigenvalue weighted by Gasteiger charge is 2.18. The van der Waals surface area contributed by atoms with Gasteiger partial charge in [-0.1, -0.05) is 0 Å². The van der Waals surface area contributed by atoms with E-state index in [-0.39, 0.29) is 0 Å². The maximum atomic E-state index is 9.73. The van der Waals surface area contributed by atoms with Crippen molar-refractivity contribution in [3.8, 4) is 0 Å². The van der Waals surface area contributed by atoms with Crippen molar-refractivity contribution in [2.75, 3.05) is 26.3 Å². The first-order valence-corrected chi connectivity index (χ1v) is 7.61. The average molecular weight is 310 g/mol. The molecule has 0 aliphatic carbocycles. The highest BCUT2D eigenvalue weighted by molar-refractivity contribution is 7.99. The molecule has 2 aromatic rings. The molecule has 1 N–H and O–H groups in total. The van der Waals surface area contributed by atoms with Crippen LogP contribution in [-0.4, -0.2) is 57.2 Å². The van der Waals surface area contributed by atoms with E-state index in [1.807, 2.05) is 23.7 Å². The topological polar surface area (TPSA) is 76.6 Å². The summed E-state index contributed by atoms with van der Waals surface area (Å²) in [6.45, 7) is 3.11. The van der Waals surface area contributed by atoms with Crippen LogP contribution in [0.2, 0.25) is 0 Å². The molecule has 0 spiro atoms. The lowest BCUT2D eigenvalue weighted by atomic mass is 10.3. The minimum absolute atomic E-state index is 0.405. The number of ether oxygens (including phenoxy) is 1. The zero-order valence-corrected chi connectivity index (χ0v) is 12.6. The van der Waals surface area contributed by atoms with Crippen molar-refractivity contribution >= 4 is 11.8 Å². The van der Waals surface area contributed by atoms with E-state index in [0.29, 0.717) is 26.3 Å². The number of nitrogens with zero attached hydrogens (tertiary/aromatic N) is 4. The van der Waals surface area contributed by atoms with Crippen LogP contribution in [0.1, 0.15) is 5.76 Å². The average Bonchev–Trinajstić information content (AvgIpc) is 2.99. The Bertz CT molecular complexity index is 585. The van der Waals surface area contributed by atoms with Gasteiger partial charge in [-0.15, -0.1) is 10.2 Å². The first-order valence-electron chi connectivity index (χ1n) is 6.79. The number of aliphatic hydroxyl groups excluding tert-OH is 1. The molecule has 0 bridgehead atoms. The van der Waals surface area contributed by atoms with Crippen LogP contribution in [0.3, 0.4) is 0 Å². The second-order valence-corrected chi connectivity index (χ2v) is 5.98. The number of β-amino-alcohol motifs (C(OH)–C–C–N with tert-alkyl or cyclic N) is 1. The van der Waals surface area contributed by atoms with Crippen LogP contribution in [-0.2, 0) is 18.3 Å². The predicted molar refractivity (Wildman–Crippen MR) is 75.9 cm³/mol. The summed E-state index contributed by atoms with van der Waals surface area (Å²) in [5.41, 5.74) is 0. The summed E-state index contributed by atoms with van der Waals surface area (Å²) in [7, 11) is 1.89. The van der Waals surface area contributed by atoms with Crippen LogP contribution in [0.25, 0.3) is 0 Å². The quantitative estimate of drug-likeness (QED) is 0.893. The number of hydrogen-bond donors (Lipinski definition) is 1. The van der Waals surface area contributed by atoms with Gasteiger partial charge in [0.1, 0.15) is 12.1 Å². The summed E-state index contributed by atoms with van der Waals surface area (Å²) >= 11 is 1.44. The van der Waals surface area contributed by atoms with E-state index >= 15 is 0 Å². The predicted octanol–water partition coefficient (Wildman–Crippen LogP) is 0.752. The van der Waals surface area contributed by atoms with Crippen LogP contribution in [0.5, 0.6) is 0 Å². The van der Waals surface area contributed by atoms with Crippen molar-refractivity contribution in [3.63, 3.8) is 0 Å². The highest BCUT2D eigenvalue weighted by Crippen LogP contribution is 2.27. The van der Waals surface area contributed by atoms with Gasteiger partial charge in [0.25, 0.3) is 0 Å². The van der Waals surface area contributed by atoms with Crippen LogP contribution in [0.4, 0.5) is 0 Å². The minimum atomic E-state index is -0.435. The van der Waals surface area contributed by atoms with Crippen LogP contribution < -0.4 is 0 Å². The smallest absolute Gasteiger partial charge is 0.198 e. The van der Waals surface area contributed by atoms with Gasteiger partial charge in [0.15, 0.2) is 10.2 Å². The molecule has 1 aliphatic heterocycles. The normalized spacial score (nSPS) is 20.6. The Balaban J connectivity index is 1.61. The van der Waals surface area contributed by atoms with Gasteiger partial charge >= 0.3 is 0 Å². The van der Waals surface area contributed by atoms with E-state index in [4.69, 9.17) is 9.15 Å². The highest BCUT2D eigenvalue weighted by atomic mass is 32.2. The molecule has 0 radical (unpaired) electrons. The fourth-order valence-electron chi connectivity index (χ4n) is 2.17. The maximum absolute atomic E-state index is 9.73. The fraction of sp³-hybridized carbons (Fsp3) is 0.538. The van der Waals surface area contributed by atoms with Gasteiger partial charge in [0.2, 0.25) is 0 Å². The lowest BCUT2D eigenvalue weighted by molar-refractivity contribution is 0.0559. The third-order valence-corrected chi connectivity index (χ3v) is 4.18. The standard InChI is InChI=1S/C13H18N4O3S/c1-16-9-14-15-13(16)21-12-3-2-11(20-12)7-17-4-5-19-8-10(18)6-17/h2-3,9-10,18H,4-8H2,1H3/t10-/m0/s1. The Morgan fingerprint density at radius 3 is 3.19 bits per heavy atom. The van der Waals surface area contributed by atoms with Gasteiger partial charge in [0, 0.05) is 20.1 Å². The van der Waals surface area contributed by atoms with Gasteiger partial charge in [-0.25, -0.2) is 0 Å². The molecule has 8 heteroatoms. The minimum Gasteiger partial charge on any atom is -0.453 e. The van der Waals surface area contributed by atoms with E-state index in [1.54, 1.807) is 6.33 Å². The van der Waals surface area contributed by atoms with Crippen LogP contribution in [0.15, 0.2) is 33.1 Å². The molecule has 114 valence electrons. The summed E-state index contributed by atoms with van der Waals surface area (Å²) in [5, 5.41) is 19.1. The zero-order chi connectivity index (χ0) is 14.7. The Morgan fingerprint density at radius 1 is 1.48 bits per heavy atom. The first-order chi connectivity index (χ1) is 10.2. The Hall–Kier alpha value is -1.35. The summed E-state index contributed by atoms with van der Waals surface area (Å²) in [4.78, 5) is 2.13. The third kappa shape index (κ3) is 3.85. The van der Waals surface area contributed by atoms with Crippen molar-refractivity contribution in [2.24, 2.45) is 7.05 Å². The van der Waals surface area contributed by atoms with Crippen LogP contribution in [0, 0.1) is 0 Å². The number of hydrogen-bond acceptors (Lipinski definition) is 7. The van der Waals surface area contributed by atoms with Gasteiger partial charge in [-0.05, 0) is 23.9 Å². The molecule has 1 fully saturated rings. The molecule has 21 heavy (non-hydrogen) atoms. The van der Waals surface area contributed by atoms with E-state index in [1.165, 1.54) is 11.8 Å². The van der Waals surface area contributed by atoms with Gasteiger partial charge in [-0.3, -0.25) is 4.90 Å². The summed E-state index contributed by atoms with van der Waals surface area (Å²) < 4.78 is 13.0. The molecule has 0 unspecified atom stereocenters. The lowest BCUT2D eigenvalue weighted by Crippen LogP contribution is -2.32. The molecular formula is C13H18N4O3S. The fourth-order valence-corrected chi connectivity index (χ4v) is 2.92. The third-order valence-electron chi connectivity index (χ3n) is 3.21. The molecule has 3 heterocycles. The molecule has 0 saturated carbocycles. The van der Waals surface area contributed by atoms with E-state index in [0.717, 1.165) is 22.6 Å². The van der Waals surface area contributed by atoms with Crippen molar-refractivity contribution in [1.29, 1.82) is 0 Å². The van der Waals surface area contributed by atoms with Crippen molar-refractivity contribution in [3.05, 3.63) is 24.2 Å². The molecule has 3 rings (SSSR count). The van der Waals surface area contributed by atoms with Crippen molar-refractivity contribution < 1.29 is 14.3 Å². The number of furan rings is 1. The molecule has 2 aromatic heterocycles. The number of aromatic nitrogens is 3. The second-order valence-electron chi connectivity index (χ2n) is 5.01.